The average Bonchev–Trinajstić information content (AvgIpc) is 2.16. The highest BCUT2D eigenvalue weighted by Gasteiger charge is 2.21. The summed E-state index contributed by atoms with van der Waals surface area (Å²) >= 11 is 0. The van der Waals surface area contributed by atoms with Gasteiger partial charge >= 0.3 is 0 Å². The summed E-state index contributed by atoms with van der Waals surface area (Å²) < 4.78 is 0. The fraction of sp³-hybridized carbons (Fsp3) is 0.429. The van der Waals surface area contributed by atoms with Crippen LogP contribution in [-0.2, 0) is 0 Å². The lowest BCUT2D eigenvalue weighted by Crippen LogP contribution is -2.19. The van der Waals surface area contributed by atoms with Crippen LogP contribution in [-0.4, -0.2) is 17.0 Å². The van der Waals surface area contributed by atoms with Crippen LogP contribution in [0, 0.1) is 6.92 Å². The van der Waals surface area contributed by atoms with Crippen LogP contribution in [0.25, 0.3) is 0 Å². The molecule has 1 aliphatic rings. The number of allylic oxidation sites excluding steroid dienone is 1. The zero-order valence-electron chi connectivity index (χ0n) is 5.25. The first-order valence-electron chi connectivity index (χ1n) is 3.01. The van der Waals surface area contributed by atoms with E-state index in [1.54, 1.807) is 18.4 Å². The second-order valence-electron chi connectivity index (χ2n) is 2.12. The highest BCUT2D eigenvalue weighted by atomic mass is 16.3. The molecule has 1 rings (SSSR count). The molecule has 2 nitrogen and oxygen atoms in total. The Morgan fingerprint density at radius 3 is 2.89 bits per heavy atom. The molecule has 0 aromatic rings. The zero-order valence-corrected chi connectivity index (χ0v) is 5.25. The predicted molar refractivity (Wildman–Crippen MR) is 37.2 cm³/mol. The summed E-state index contributed by atoms with van der Waals surface area (Å²) in [7, 11) is 0. The molecule has 49 valence electrons. The molecular weight excluding hydrogens is 114 g/mol. The van der Waals surface area contributed by atoms with Gasteiger partial charge < -0.3 is 5.11 Å². The molecule has 1 unspecified atom stereocenters. The highest BCUT2D eigenvalue weighted by Crippen LogP contribution is 2.18. The van der Waals surface area contributed by atoms with Crippen molar-refractivity contribution in [3.05, 3.63) is 19.1 Å². The number of aliphatic imine (C=N–C) groups is 1. The normalized spacial score (nSPS) is 31.8. The Balaban J connectivity index is 2.53. The lowest BCUT2D eigenvalue weighted by Gasteiger charge is -2.14. The number of hydrogen-bond donors (Lipinski definition) is 1. The number of rotatable bonds is 2. The third kappa shape index (κ3) is 1.39. The molecule has 0 spiro atoms. The van der Waals surface area contributed by atoms with Gasteiger partial charge in [0, 0.05) is 12.6 Å². The largest absolute Gasteiger partial charge is 0.366 e. The van der Waals surface area contributed by atoms with E-state index in [1.807, 2.05) is 0 Å². The first kappa shape index (κ1) is 6.49. The molecule has 0 bridgehead atoms. The fourth-order valence-electron chi connectivity index (χ4n) is 0.820. The van der Waals surface area contributed by atoms with Crippen molar-refractivity contribution in [1.82, 2.24) is 0 Å². The van der Waals surface area contributed by atoms with Crippen LogP contribution < -0.4 is 0 Å². The van der Waals surface area contributed by atoms with Crippen molar-refractivity contribution in [2.24, 2.45) is 4.99 Å². The molecular formula is C7H10NO. The van der Waals surface area contributed by atoms with E-state index in [4.69, 9.17) is 0 Å². The molecule has 0 fully saturated rings. The van der Waals surface area contributed by atoms with E-state index in [0.717, 1.165) is 0 Å². The number of nitrogens with zero attached hydrogens (tertiary/aromatic N) is 1. The van der Waals surface area contributed by atoms with Crippen LogP contribution in [0.15, 0.2) is 17.1 Å². The van der Waals surface area contributed by atoms with Gasteiger partial charge in [0.2, 0.25) is 0 Å². The minimum absolute atomic E-state index is 0.611. The summed E-state index contributed by atoms with van der Waals surface area (Å²) in [4.78, 5) is 3.84. The van der Waals surface area contributed by atoms with Gasteiger partial charge in [0.05, 0.1) is 0 Å². The lowest BCUT2D eigenvalue weighted by molar-refractivity contribution is 0.0956. The molecule has 1 N–H and O–H groups in total. The van der Waals surface area contributed by atoms with E-state index < -0.39 is 5.72 Å². The summed E-state index contributed by atoms with van der Waals surface area (Å²) in [5, 5.41) is 9.37. The summed E-state index contributed by atoms with van der Waals surface area (Å²) in [6.45, 7) is 3.63. The van der Waals surface area contributed by atoms with Crippen molar-refractivity contribution in [3.63, 3.8) is 0 Å². The van der Waals surface area contributed by atoms with Gasteiger partial charge in [0.1, 0.15) is 0 Å². The van der Waals surface area contributed by atoms with Crippen LogP contribution in [0.2, 0.25) is 0 Å². The summed E-state index contributed by atoms with van der Waals surface area (Å²) in [6, 6.07) is 0. The fourth-order valence-corrected chi connectivity index (χ4v) is 0.820. The molecule has 0 saturated heterocycles. The predicted octanol–water partition coefficient (Wildman–Crippen LogP) is 0.930. The Bertz CT molecular complexity index is 137. The Morgan fingerprint density at radius 1 is 1.67 bits per heavy atom. The molecule has 1 atom stereocenters. The van der Waals surface area contributed by atoms with E-state index in [2.05, 4.69) is 11.9 Å². The molecule has 1 aliphatic heterocycles. The number of hydrogen-bond acceptors (Lipinski definition) is 2. The Hall–Kier alpha value is -0.630. The van der Waals surface area contributed by atoms with Gasteiger partial charge in [-0.15, -0.1) is 0 Å². The highest BCUT2D eigenvalue weighted by molar-refractivity contribution is 5.74. The maximum absolute atomic E-state index is 9.37. The van der Waals surface area contributed by atoms with Gasteiger partial charge in [-0.3, -0.25) is 4.99 Å². The maximum atomic E-state index is 9.37. The molecule has 2 heteroatoms. The SMILES string of the molecule is [CH2]CCC1(O)C=CC=N1. The van der Waals surface area contributed by atoms with E-state index in [0.29, 0.717) is 12.8 Å². The third-order valence-electron chi connectivity index (χ3n) is 1.29. The first-order chi connectivity index (χ1) is 4.27. The molecule has 0 saturated carbocycles. The van der Waals surface area contributed by atoms with Crippen molar-refractivity contribution in [1.29, 1.82) is 0 Å². The second-order valence-corrected chi connectivity index (χ2v) is 2.12. The first-order valence-corrected chi connectivity index (χ1v) is 3.01. The van der Waals surface area contributed by atoms with E-state index in [9.17, 15) is 5.11 Å². The van der Waals surface area contributed by atoms with Crippen molar-refractivity contribution >= 4 is 6.21 Å². The van der Waals surface area contributed by atoms with Gasteiger partial charge in [0.25, 0.3) is 0 Å². The standard InChI is InChI=1S/C7H10NO/c1-2-4-7(9)5-3-6-8-7/h3,5-6,9H,1-2,4H2. The smallest absolute Gasteiger partial charge is 0.175 e. The van der Waals surface area contributed by atoms with Crippen molar-refractivity contribution in [3.8, 4) is 0 Å². The second kappa shape index (κ2) is 2.31. The summed E-state index contributed by atoms with van der Waals surface area (Å²) in [5.74, 6) is 0. The molecule has 0 amide bonds. The Labute approximate surface area is 54.9 Å². The molecule has 0 aromatic heterocycles. The minimum atomic E-state index is -0.929. The van der Waals surface area contributed by atoms with Crippen LogP contribution >= 0.6 is 0 Å². The zero-order chi connectivity index (χ0) is 6.74. The van der Waals surface area contributed by atoms with Gasteiger partial charge in [-0.1, -0.05) is 6.92 Å². The number of aliphatic hydroxyl groups is 1. The van der Waals surface area contributed by atoms with Gasteiger partial charge in [-0.05, 0) is 18.6 Å². The average molecular weight is 124 g/mol. The molecule has 0 aromatic carbocycles. The quantitative estimate of drug-likeness (QED) is 0.583. The van der Waals surface area contributed by atoms with Crippen molar-refractivity contribution in [2.45, 2.75) is 18.6 Å². The Morgan fingerprint density at radius 2 is 2.44 bits per heavy atom. The van der Waals surface area contributed by atoms with Crippen LogP contribution in [0.5, 0.6) is 0 Å². The molecule has 1 radical (unpaired) electrons. The van der Waals surface area contributed by atoms with E-state index in [-0.39, 0.29) is 0 Å². The van der Waals surface area contributed by atoms with Crippen molar-refractivity contribution in [2.75, 3.05) is 0 Å². The monoisotopic (exact) mass is 124 g/mol. The summed E-state index contributed by atoms with van der Waals surface area (Å²) in [5.41, 5.74) is -0.929. The van der Waals surface area contributed by atoms with Gasteiger partial charge in [-0.25, -0.2) is 0 Å². The van der Waals surface area contributed by atoms with Crippen LogP contribution in [0.1, 0.15) is 12.8 Å². The Kier molecular flexibility index (Phi) is 1.67. The van der Waals surface area contributed by atoms with Crippen LogP contribution in [0.4, 0.5) is 0 Å². The minimum Gasteiger partial charge on any atom is -0.366 e. The van der Waals surface area contributed by atoms with Crippen molar-refractivity contribution < 1.29 is 5.11 Å². The lowest BCUT2D eigenvalue weighted by atomic mass is 10.1. The van der Waals surface area contributed by atoms with Crippen LogP contribution in [0.3, 0.4) is 0 Å². The van der Waals surface area contributed by atoms with Gasteiger partial charge in [-0.2, -0.15) is 0 Å². The summed E-state index contributed by atoms with van der Waals surface area (Å²) in [6.07, 6.45) is 6.35. The van der Waals surface area contributed by atoms with E-state index >= 15 is 0 Å². The topological polar surface area (TPSA) is 32.6 Å². The molecule has 1 heterocycles. The third-order valence-corrected chi connectivity index (χ3v) is 1.29. The molecule has 9 heavy (non-hydrogen) atoms. The maximum Gasteiger partial charge on any atom is 0.175 e. The van der Waals surface area contributed by atoms with Gasteiger partial charge in [0.15, 0.2) is 5.72 Å². The van der Waals surface area contributed by atoms with E-state index in [1.165, 1.54) is 0 Å². The molecule has 0 aliphatic carbocycles.